The smallest absolute Gasteiger partial charge is 0.462 e. The van der Waals surface area contributed by atoms with E-state index in [0.29, 0.717) is 31.6 Å². The molecule has 0 rings (SSSR count). The van der Waals surface area contributed by atoms with E-state index in [1.54, 1.807) is 0 Å². The molecule has 0 aromatic carbocycles. The molecule has 5 atom stereocenters. The second kappa shape index (κ2) is 68.9. The van der Waals surface area contributed by atoms with Crippen molar-refractivity contribution in [2.24, 2.45) is 17.8 Å². The van der Waals surface area contributed by atoms with Crippen molar-refractivity contribution in [3.63, 3.8) is 0 Å². The summed E-state index contributed by atoms with van der Waals surface area (Å²) in [6.45, 7) is 11.8. The number of carbonyl (C=O) groups excluding carboxylic acids is 4. The number of aliphatic hydroxyl groups is 1. The van der Waals surface area contributed by atoms with Crippen LogP contribution in [0.5, 0.6) is 0 Å². The number of allylic oxidation sites excluding steroid dienone is 4. The Hall–Kier alpha value is -2.46. The zero-order valence-corrected chi connectivity index (χ0v) is 65.5. The predicted octanol–water partition coefficient (Wildman–Crippen LogP) is 22.9. The van der Waals surface area contributed by atoms with Gasteiger partial charge in [0.15, 0.2) is 12.2 Å². The lowest BCUT2D eigenvalue weighted by molar-refractivity contribution is -0.161. The van der Waals surface area contributed by atoms with Crippen LogP contribution in [0.15, 0.2) is 24.3 Å². The van der Waals surface area contributed by atoms with Crippen molar-refractivity contribution in [2.45, 2.75) is 401 Å². The van der Waals surface area contributed by atoms with E-state index in [2.05, 4.69) is 72.8 Å². The van der Waals surface area contributed by atoms with Gasteiger partial charge in [-0.05, 0) is 69.1 Å². The molecular weight excluding hydrogens is 1280 g/mol. The van der Waals surface area contributed by atoms with Gasteiger partial charge in [-0.25, -0.2) is 9.13 Å². The summed E-state index contributed by atoms with van der Waals surface area (Å²) in [4.78, 5) is 72.9. The maximum atomic E-state index is 13.1. The van der Waals surface area contributed by atoms with E-state index in [9.17, 15) is 43.2 Å². The normalized spacial score (nSPS) is 14.2. The number of esters is 4. The quantitative estimate of drug-likeness (QED) is 0.0169. The van der Waals surface area contributed by atoms with Crippen LogP contribution in [-0.4, -0.2) is 96.7 Å². The van der Waals surface area contributed by atoms with Crippen LogP contribution in [0.4, 0.5) is 0 Å². The Bertz CT molecular complexity index is 2000. The number of aliphatic hydroxyl groups excluding tert-OH is 1. The highest BCUT2D eigenvalue weighted by Gasteiger charge is 2.30. The van der Waals surface area contributed by atoms with Gasteiger partial charge in [-0.15, -0.1) is 0 Å². The first-order chi connectivity index (χ1) is 47.2. The molecular formula is C79H150O17P2. The van der Waals surface area contributed by atoms with Crippen LogP contribution in [0.2, 0.25) is 0 Å². The molecule has 98 heavy (non-hydrogen) atoms. The molecule has 19 heteroatoms. The number of rotatable bonds is 75. The molecule has 17 nitrogen and oxygen atoms in total. The van der Waals surface area contributed by atoms with Crippen molar-refractivity contribution in [1.29, 1.82) is 0 Å². The first-order valence-corrected chi connectivity index (χ1v) is 43.2. The summed E-state index contributed by atoms with van der Waals surface area (Å²) in [5, 5.41) is 10.6. The van der Waals surface area contributed by atoms with E-state index in [0.717, 1.165) is 121 Å². The van der Waals surface area contributed by atoms with Crippen LogP contribution in [0.1, 0.15) is 382 Å². The van der Waals surface area contributed by atoms with Gasteiger partial charge < -0.3 is 33.8 Å². The van der Waals surface area contributed by atoms with Gasteiger partial charge in [0, 0.05) is 25.7 Å². The molecule has 0 amide bonds. The minimum Gasteiger partial charge on any atom is -0.462 e. The van der Waals surface area contributed by atoms with E-state index >= 15 is 0 Å². The maximum Gasteiger partial charge on any atom is 0.472 e. The Morgan fingerprint density at radius 1 is 0.316 bits per heavy atom. The lowest BCUT2D eigenvalue weighted by atomic mass is 10.0. The Labute approximate surface area is 599 Å². The number of carbonyl (C=O) groups is 4. The van der Waals surface area contributed by atoms with Gasteiger partial charge in [-0.1, -0.05) is 330 Å². The molecule has 0 aromatic heterocycles. The molecule has 0 heterocycles. The number of hydrogen-bond acceptors (Lipinski definition) is 15. The second-order valence-corrected chi connectivity index (χ2v) is 32.1. The van der Waals surface area contributed by atoms with Crippen LogP contribution in [0.3, 0.4) is 0 Å². The first-order valence-electron chi connectivity index (χ1n) is 40.2. The predicted molar refractivity (Wildman–Crippen MR) is 400 cm³/mol. The number of phosphoric ester groups is 2. The van der Waals surface area contributed by atoms with Crippen molar-refractivity contribution in [1.82, 2.24) is 0 Å². The highest BCUT2D eigenvalue weighted by atomic mass is 31.2. The molecule has 0 aromatic rings. The fraction of sp³-hybridized carbons (Fsp3) is 0.899. The van der Waals surface area contributed by atoms with Gasteiger partial charge in [0.25, 0.3) is 0 Å². The largest absolute Gasteiger partial charge is 0.472 e. The summed E-state index contributed by atoms with van der Waals surface area (Å²) in [7, 11) is -9.93. The third-order valence-corrected chi connectivity index (χ3v) is 19.7. The van der Waals surface area contributed by atoms with Crippen LogP contribution in [0, 0.1) is 17.8 Å². The average Bonchev–Trinajstić information content (AvgIpc) is 0.951. The minimum absolute atomic E-state index is 0.0849. The van der Waals surface area contributed by atoms with Gasteiger partial charge in [0.1, 0.15) is 19.3 Å². The third-order valence-electron chi connectivity index (χ3n) is 17.8. The zero-order chi connectivity index (χ0) is 72.3. The molecule has 578 valence electrons. The summed E-state index contributed by atoms with van der Waals surface area (Å²) in [6.07, 6.45) is 59.1. The van der Waals surface area contributed by atoms with Crippen molar-refractivity contribution in [3.05, 3.63) is 24.3 Å². The monoisotopic (exact) mass is 1430 g/mol. The number of ether oxygens (including phenoxy) is 4. The molecule has 0 aliphatic carbocycles. The van der Waals surface area contributed by atoms with E-state index < -0.39 is 97.5 Å². The SMILES string of the molecule is CCCCCC/C=C\C=C/CCCCCCCC(=O)O[C@H](COC(=O)CCCCCCCCCCCCCCCC(C)C)COP(=O)(O)OCC(O)COP(=O)(O)OC[C@@H](COC(=O)CCCCCCCCCC(C)C)OC(=O)CCCCCCCCCCCCCCCCC(C)C. The van der Waals surface area contributed by atoms with E-state index in [1.165, 1.54) is 173 Å². The lowest BCUT2D eigenvalue weighted by Gasteiger charge is -2.21. The van der Waals surface area contributed by atoms with Crippen molar-refractivity contribution in [3.8, 4) is 0 Å². The minimum atomic E-state index is -4.97. The standard InChI is InChI=1S/C79H150O17P2/c1-8-9-10-11-12-13-14-15-16-22-28-33-40-48-55-62-78(83)95-74(66-89-76(81)60-53-46-39-32-27-24-19-21-26-31-37-44-51-58-71(4)5)68-93-97(85,86)91-64-73(80)65-92-98(87,88)94-69-75(67-90-77(82)61-54-47-42-35-38-45-52-59-72(6)7)96-79(84)63-56-49-41-34-29-23-18-17-20-25-30-36-43-50-57-70(2)3/h13-16,70-75,80H,8-12,17-69H2,1-7H3,(H,85,86)(H,87,88)/b14-13-,16-15-/t73?,74-,75-/m1/s1. The molecule has 0 saturated carbocycles. The lowest BCUT2D eigenvalue weighted by Crippen LogP contribution is -2.30. The van der Waals surface area contributed by atoms with Crippen LogP contribution >= 0.6 is 15.6 Å². The molecule has 0 spiro atoms. The molecule has 0 bridgehead atoms. The van der Waals surface area contributed by atoms with Crippen LogP contribution in [0.25, 0.3) is 0 Å². The Balaban J connectivity index is 5.28. The molecule has 0 radical (unpaired) electrons. The van der Waals surface area contributed by atoms with Gasteiger partial charge in [-0.2, -0.15) is 0 Å². The van der Waals surface area contributed by atoms with Gasteiger partial charge in [-0.3, -0.25) is 37.3 Å². The zero-order valence-electron chi connectivity index (χ0n) is 63.7. The summed E-state index contributed by atoms with van der Waals surface area (Å²) in [5.41, 5.74) is 0. The van der Waals surface area contributed by atoms with E-state index in [-0.39, 0.29) is 25.7 Å². The van der Waals surface area contributed by atoms with Crippen molar-refractivity contribution < 1.29 is 80.2 Å². The number of unbranched alkanes of at least 4 members (excludes halogenated alkanes) is 40. The fourth-order valence-corrected chi connectivity index (χ4v) is 13.2. The molecule has 3 unspecified atom stereocenters. The topological polar surface area (TPSA) is 237 Å². The Morgan fingerprint density at radius 3 is 0.827 bits per heavy atom. The molecule has 3 N–H and O–H groups in total. The van der Waals surface area contributed by atoms with Gasteiger partial charge in [0.2, 0.25) is 0 Å². The number of phosphoric acid groups is 2. The maximum absolute atomic E-state index is 13.1. The summed E-state index contributed by atoms with van der Waals surface area (Å²) >= 11 is 0. The Kier molecular flexibility index (Phi) is 67.2. The van der Waals surface area contributed by atoms with Gasteiger partial charge >= 0.3 is 39.5 Å². The van der Waals surface area contributed by atoms with Crippen LogP contribution in [-0.2, 0) is 65.4 Å². The van der Waals surface area contributed by atoms with Crippen molar-refractivity contribution >= 4 is 39.5 Å². The Morgan fingerprint density at radius 2 is 0.551 bits per heavy atom. The highest BCUT2D eigenvalue weighted by Crippen LogP contribution is 2.45. The fourth-order valence-electron chi connectivity index (χ4n) is 11.6. The first kappa shape index (κ1) is 95.5. The summed E-state index contributed by atoms with van der Waals surface area (Å²) in [6, 6.07) is 0. The summed E-state index contributed by atoms with van der Waals surface area (Å²) in [5.74, 6) is 0.141. The average molecular weight is 1430 g/mol. The van der Waals surface area contributed by atoms with Crippen molar-refractivity contribution in [2.75, 3.05) is 39.6 Å². The molecule has 0 fully saturated rings. The molecule has 0 saturated heterocycles. The van der Waals surface area contributed by atoms with E-state index in [4.69, 9.17) is 37.0 Å². The highest BCUT2D eigenvalue weighted by molar-refractivity contribution is 7.47. The van der Waals surface area contributed by atoms with Gasteiger partial charge in [0.05, 0.1) is 26.4 Å². The third kappa shape index (κ3) is 71.9. The summed E-state index contributed by atoms with van der Waals surface area (Å²) < 4.78 is 68.6. The molecule has 0 aliphatic heterocycles. The van der Waals surface area contributed by atoms with E-state index in [1.807, 2.05) is 0 Å². The number of hydrogen-bond donors (Lipinski definition) is 3. The van der Waals surface area contributed by atoms with Crippen LogP contribution < -0.4 is 0 Å². The molecule has 0 aliphatic rings. The second-order valence-electron chi connectivity index (χ2n) is 29.2.